The van der Waals surface area contributed by atoms with Crippen molar-refractivity contribution < 1.29 is 24.5 Å². The molecule has 0 aromatic heterocycles. The number of ketones is 1. The molecule has 2 aromatic rings. The van der Waals surface area contributed by atoms with Crippen LogP contribution in [0.15, 0.2) is 48.5 Å². The summed E-state index contributed by atoms with van der Waals surface area (Å²) in [6.45, 7) is 0. The largest absolute Gasteiger partial charge is 0.497 e. The number of carbonyl (C=O) groups is 1. The third-order valence-electron chi connectivity index (χ3n) is 4.11. The quantitative estimate of drug-likeness (QED) is 0.684. The van der Waals surface area contributed by atoms with Crippen molar-refractivity contribution in [3.8, 4) is 11.5 Å². The van der Waals surface area contributed by atoms with Crippen molar-refractivity contribution in [2.24, 2.45) is 0 Å². The second-order valence-electron chi connectivity index (χ2n) is 5.82. The molecular weight excluding hydrogens is 320 g/mol. The summed E-state index contributed by atoms with van der Waals surface area (Å²) in [5, 5.41) is 20.4. The van der Waals surface area contributed by atoms with E-state index >= 15 is 0 Å². The van der Waals surface area contributed by atoms with Gasteiger partial charge in [-0.25, -0.2) is 0 Å². The van der Waals surface area contributed by atoms with E-state index in [0.29, 0.717) is 24.3 Å². The summed E-state index contributed by atoms with van der Waals surface area (Å²) in [7, 11) is 2.94. The van der Waals surface area contributed by atoms with E-state index in [2.05, 4.69) is 0 Å². The number of methoxy groups -OCH3 is 2. The van der Waals surface area contributed by atoms with Gasteiger partial charge in [-0.15, -0.1) is 0 Å². The Bertz CT molecular complexity index is 684. The van der Waals surface area contributed by atoms with Gasteiger partial charge in [0.25, 0.3) is 0 Å². The van der Waals surface area contributed by atoms with Gasteiger partial charge in [-0.3, -0.25) is 4.79 Å². The normalized spacial score (nSPS) is 13.1. The van der Waals surface area contributed by atoms with Gasteiger partial charge < -0.3 is 19.7 Å². The molecule has 2 atom stereocenters. The van der Waals surface area contributed by atoms with Crippen molar-refractivity contribution in [1.82, 2.24) is 0 Å². The summed E-state index contributed by atoms with van der Waals surface area (Å²) < 4.78 is 10.3. The van der Waals surface area contributed by atoms with E-state index in [9.17, 15) is 15.0 Å². The Hall–Kier alpha value is -2.37. The topological polar surface area (TPSA) is 76.0 Å². The molecule has 2 rings (SSSR count). The summed E-state index contributed by atoms with van der Waals surface area (Å²) in [5.41, 5.74) is 1.35. The van der Waals surface area contributed by atoms with Gasteiger partial charge in [-0.05, 0) is 43.0 Å². The van der Waals surface area contributed by atoms with Crippen molar-refractivity contribution >= 4 is 5.78 Å². The van der Waals surface area contributed by atoms with Crippen LogP contribution in [0.25, 0.3) is 0 Å². The maximum atomic E-state index is 12.5. The molecule has 0 amide bonds. The van der Waals surface area contributed by atoms with Crippen LogP contribution in [0.1, 0.15) is 28.8 Å². The van der Waals surface area contributed by atoms with Crippen LogP contribution in [0.4, 0.5) is 0 Å². The zero-order valence-corrected chi connectivity index (χ0v) is 14.5. The molecule has 0 heterocycles. The third kappa shape index (κ3) is 5.05. The van der Waals surface area contributed by atoms with Crippen LogP contribution in [0.3, 0.4) is 0 Å². The average Bonchev–Trinajstić information content (AvgIpc) is 2.66. The second-order valence-corrected chi connectivity index (χ2v) is 5.82. The molecule has 0 unspecified atom stereocenters. The summed E-state index contributed by atoms with van der Waals surface area (Å²) >= 11 is 0. The molecule has 0 aliphatic heterocycles. The minimum absolute atomic E-state index is 0.191. The Morgan fingerprint density at radius 3 is 2.40 bits per heavy atom. The zero-order chi connectivity index (χ0) is 18.2. The van der Waals surface area contributed by atoms with Crippen molar-refractivity contribution in [3.63, 3.8) is 0 Å². The molecule has 0 bridgehead atoms. The fourth-order valence-electron chi connectivity index (χ4n) is 2.66. The van der Waals surface area contributed by atoms with E-state index in [1.165, 1.54) is 20.3 Å². The first-order valence-corrected chi connectivity index (χ1v) is 8.23. The molecule has 0 aliphatic rings. The first-order valence-electron chi connectivity index (χ1n) is 8.23. The van der Waals surface area contributed by atoms with Crippen molar-refractivity contribution in [2.75, 3.05) is 14.2 Å². The number of rotatable bonds is 9. The van der Waals surface area contributed by atoms with Crippen molar-refractivity contribution in [2.45, 2.75) is 31.5 Å². The molecular formula is C20H24O5. The van der Waals surface area contributed by atoms with Crippen molar-refractivity contribution in [3.05, 3.63) is 59.7 Å². The Morgan fingerprint density at radius 1 is 1.04 bits per heavy atom. The third-order valence-corrected chi connectivity index (χ3v) is 4.11. The standard InChI is InChI=1S/C20H24O5/c1-24-15-11-12-18(25-2)16(13-15)19(22)20(23)17(21)10-6-9-14-7-4-3-5-8-14/h3-5,7-8,11-13,17,20-21,23H,6,9-10H2,1-2H3/t17-,20-/m1/s1. The summed E-state index contributed by atoms with van der Waals surface area (Å²) in [4.78, 5) is 12.5. The number of Topliss-reactive ketones (excluding diaryl/α,β-unsaturated/α-hetero) is 1. The number of hydrogen-bond acceptors (Lipinski definition) is 5. The molecule has 5 nitrogen and oxygen atoms in total. The Kier molecular flexibility index (Phi) is 6.98. The lowest BCUT2D eigenvalue weighted by molar-refractivity contribution is 0.0169. The maximum absolute atomic E-state index is 12.5. The van der Waals surface area contributed by atoms with Gasteiger partial charge in [0.1, 0.15) is 17.6 Å². The fraction of sp³-hybridized carbons (Fsp3) is 0.350. The number of aryl methyl sites for hydroxylation is 1. The van der Waals surface area contributed by atoms with E-state index in [1.54, 1.807) is 12.1 Å². The van der Waals surface area contributed by atoms with E-state index in [1.807, 2.05) is 30.3 Å². The van der Waals surface area contributed by atoms with Gasteiger partial charge >= 0.3 is 0 Å². The van der Waals surface area contributed by atoms with E-state index in [-0.39, 0.29) is 5.56 Å². The highest BCUT2D eigenvalue weighted by molar-refractivity contribution is 6.02. The van der Waals surface area contributed by atoms with Crippen LogP contribution in [0.2, 0.25) is 0 Å². The van der Waals surface area contributed by atoms with E-state index < -0.39 is 18.0 Å². The molecule has 0 fully saturated rings. The lowest BCUT2D eigenvalue weighted by atomic mass is 9.97. The molecule has 25 heavy (non-hydrogen) atoms. The van der Waals surface area contributed by atoms with Crippen LogP contribution in [0, 0.1) is 0 Å². The van der Waals surface area contributed by atoms with Gasteiger partial charge in [0.15, 0.2) is 5.78 Å². The first kappa shape index (κ1) is 19.0. The molecule has 0 radical (unpaired) electrons. The van der Waals surface area contributed by atoms with Gasteiger partial charge in [-0.2, -0.15) is 0 Å². The summed E-state index contributed by atoms with van der Waals surface area (Å²) in [5.74, 6) is 0.235. The molecule has 2 aromatic carbocycles. The number of benzene rings is 2. The Labute approximate surface area is 147 Å². The van der Waals surface area contributed by atoms with Crippen LogP contribution in [-0.2, 0) is 6.42 Å². The molecule has 134 valence electrons. The second kappa shape index (κ2) is 9.20. The molecule has 0 saturated carbocycles. The Balaban J connectivity index is 1.98. The van der Waals surface area contributed by atoms with Gasteiger partial charge in [0.05, 0.1) is 25.9 Å². The molecule has 2 N–H and O–H groups in total. The molecule has 0 saturated heterocycles. The van der Waals surface area contributed by atoms with Gasteiger partial charge in [0, 0.05) is 0 Å². The highest BCUT2D eigenvalue weighted by Crippen LogP contribution is 2.26. The molecule has 5 heteroatoms. The maximum Gasteiger partial charge on any atom is 0.197 e. The number of carbonyl (C=O) groups excluding carboxylic acids is 1. The van der Waals surface area contributed by atoms with E-state index in [4.69, 9.17) is 9.47 Å². The van der Waals surface area contributed by atoms with Crippen LogP contribution in [0.5, 0.6) is 11.5 Å². The number of ether oxygens (including phenoxy) is 2. The summed E-state index contributed by atoms with van der Waals surface area (Å²) in [6, 6.07) is 14.6. The highest BCUT2D eigenvalue weighted by Gasteiger charge is 2.27. The zero-order valence-electron chi connectivity index (χ0n) is 14.5. The number of aliphatic hydroxyl groups is 2. The summed E-state index contributed by atoms with van der Waals surface area (Å²) in [6.07, 6.45) is -0.857. The van der Waals surface area contributed by atoms with Crippen LogP contribution < -0.4 is 9.47 Å². The van der Waals surface area contributed by atoms with Crippen LogP contribution in [-0.4, -0.2) is 42.4 Å². The average molecular weight is 344 g/mol. The van der Waals surface area contributed by atoms with Gasteiger partial charge in [-0.1, -0.05) is 30.3 Å². The van der Waals surface area contributed by atoms with Crippen molar-refractivity contribution in [1.29, 1.82) is 0 Å². The number of hydrogen-bond donors (Lipinski definition) is 2. The smallest absolute Gasteiger partial charge is 0.197 e. The lowest BCUT2D eigenvalue weighted by Crippen LogP contribution is -2.34. The predicted molar refractivity (Wildman–Crippen MR) is 95.3 cm³/mol. The predicted octanol–water partition coefficient (Wildman–Crippen LogP) is 2.63. The first-order chi connectivity index (χ1) is 12.1. The molecule has 0 spiro atoms. The van der Waals surface area contributed by atoms with Crippen LogP contribution >= 0.6 is 0 Å². The highest BCUT2D eigenvalue weighted by atomic mass is 16.5. The van der Waals surface area contributed by atoms with E-state index in [0.717, 1.165) is 12.0 Å². The molecule has 0 aliphatic carbocycles. The SMILES string of the molecule is COc1ccc(OC)c(C(=O)[C@H](O)[C@H](O)CCCc2ccccc2)c1. The monoisotopic (exact) mass is 344 g/mol. The number of aliphatic hydroxyl groups excluding tert-OH is 2. The fourth-order valence-corrected chi connectivity index (χ4v) is 2.66. The Morgan fingerprint density at radius 2 is 1.76 bits per heavy atom. The van der Waals surface area contributed by atoms with Gasteiger partial charge in [0.2, 0.25) is 0 Å². The lowest BCUT2D eigenvalue weighted by Gasteiger charge is -2.18. The minimum atomic E-state index is -1.50. The minimum Gasteiger partial charge on any atom is -0.497 e.